The number of allylic oxidation sites excluding steroid dienone is 5. The SMILES string of the molecule is O=C1N=C2C=CC=C(Br)C2C=C1O. The molecule has 0 radical (unpaired) electrons. The molecule has 1 unspecified atom stereocenters. The second-order valence-corrected chi connectivity index (χ2v) is 3.70. The Kier molecular flexibility index (Phi) is 1.92. The zero-order chi connectivity index (χ0) is 9.42. The number of aliphatic imine (C=N–C) groups is 1. The van der Waals surface area contributed by atoms with Crippen LogP contribution in [-0.2, 0) is 4.79 Å². The van der Waals surface area contributed by atoms with Gasteiger partial charge in [-0.2, -0.15) is 0 Å². The summed E-state index contributed by atoms with van der Waals surface area (Å²) >= 11 is 3.34. The Hall–Kier alpha value is -1.16. The molecule has 1 aliphatic heterocycles. The molecule has 0 saturated carbocycles. The smallest absolute Gasteiger partial charge is 0.311 e. The van der Waals surface area contributed by atoms with Gasteiger partial charge in [0.25, 0.3) is 0 Å². The molecule has 0 saturated heterocycles. The molecule has 1 aliphatic carbocycles. The van der Waals surface area contributed by atoms with Crippen LogP contribution in [0.25, 0.3) is 0 Å². The van der Waals surface area contributed by atoms with Gasteiger partial charge < -0.3 is 5.11 Å². The van der Waals surface area contributed by atoms with Gasteiger partial charge in [-0.15, -0.1) is 0 Å². The van der Waals surface area contributed by atoms with Gasteiger partial charge in [-0.05, 0) is 12.2 Å². The van der Waals surface area contributed by atoms with Crippen molar-refractivity contribution in [1.29, 1.82) is 0 Å². The number of nitrogens with zero attached hydrogens (tertiary/aromatic N) is 1. The van der Waals surface area contributed by atoms with Crippen LogP contribution in [0.4, 0.5) is 0 Å². The van der Waals surface area contributed by atoms with Crippen LogP contribution in [0.15, 0.2) is 39.5 Å². The maximum absolute atomic E-state index is 11.0. The van der Waals surface area contributed by atoms with Crippen molar-refractivity contribution in [2.45, 2.75) is 0 Å². The molecule has 1 amide bonds. The monoisotopic (exact) mass is 239 g/mol. The minimum atomic E-state index is -0.571. The van der Waals surface area contributed by atoms with Gasteiger partial charge >= 0.3 is 5.91 Å². The zero-order valence-corrected chi connectivity index (χ0v) is 8.15. The number of aliphatic hydroxyl groups excluding tert-OH is 1. The van der Waals surface area contributed by atoms with E-state index in [-0.39, 0.29) is 11.7 Å². The van der Waals surface area contributed by atoms with E-state index in [4.69, 9.17) is 5.11 Å². The third-order valence-electron chi connectivity index (χ3n) is 1.91. The molecule has 1 N–H and O–H groups in total. The number of hydrogen-bond donors (Lipinski definition) is 1. The standard InChI is InChI=1S/C9H6BrNO2/c10-6-2-1-3-7-5(6)4-8(12)9(13)11-7/h1-5,12H. The van der Waals surface area contributed by atoms with Crippen LogP contribution in [0.1, 0.15) is 0 Å². The molecule has 1 atom stereocenters. The van der Waals surface area contributed by atoms with Crippen molar-refractivity contribution in [2.24, 2.45) is 10.9 Å². The fraction of sp³-hybridized carbons (Fsp3) is 0.111. The summed E-state index contributed by atoms with van der Waals surface area (Å²) in [6.45, 7) is 0. The zero-order valence-electron chi connectivity index (χ0n) is 6.57. The van der Waals surface area contributed by atoms with Crippen LogP contribution in [0, 0.1) is 5.92 Å². The van der Waals surface area contributed by atoms with Crippen LogP contribution in [-0.4, -0.2) is 16.7 Å². The van der Waals surface area contributed by atoms with Crippen LogP contribution >= 0.6 is 15.9 Å². The van der Waals surface area contributed by atoms with Gasteiger partial charge in [-0.3, -0.25) is 4.79 Å². The van der Waals surface area contributed by atoms with Gasteiger partial charge in [0.15, 0.2) is 5.76 Å². The first kappa shape index (κ1) is 8.44. The number of amides is 1. The van der Waals surface area contributed by atoms with Crippen LogP contribution in [0.3, 0.4) is 0 Å². The number of carbonyl (C=O) groups excluding carboxylic acids is 1. The first-order valence-corrected chi connectivity index (χ1v) is 4.55. The van der Waals surface area contributed by atoms with Crippen molar-refractivity contribution < 1.29 is 9.90 Å². The van der Waals surface area contributed by atoms with Gasteiger partial charge in [-0.25, -0.2) is 4.99 Å². The van der Waals surface area contributed by atoms with Crippen molar-refractivity contribution in [2.75, 3.05) is 0 Å². The molecule has 4 heteroatoms. The van der Waals surface area contributed by atoms with E-state index in [9.17, 15) is 4.79 Å². The van der Waals surface area contributed by atoms with Gasteiger partial charge in [0.2, 0.25) is 0 Å². The number of fused-ring (bicyclic) bond motifs is 1. The molecular weight excluding hydrogens is 234 g/mol. The van der Waals surface area contributed by atoms with Crippen LogP contribution in [0.2, 0.25) is 0 Å². The third kappa shape index (κ3) is 1.37. The average Bonchev–Trinajstić information content (AvgIpc) is 2.09. The molecule has 0 fully saturated rings. The summed E-state index contributed by atoms with van der Waals surface area (Å²) in [6, 6.07) is 0. The van der Waals surface area contributed by atoms with E-state index in [0.29, 0.717) is 5.71 Å². The van der Waals surface area contributed by atoms with Crippen LogP contribution in [0.5, 0.6) is 0 Å². The topological polar surface area (TPSA) is 49.7 Å². The van der Waals surface area contributed by atoms with Gasteiger partial charge in [0, 0.05) is 4.48 Å². The molecule has 3 nitrogen and oxygen atoms in total. The summed E-state index contributed by atoms with van der Waals surface area (Å²) < 4.78 is 0.896. The van der Waals surface area contributed by atoms with Crippen molar-refractivity contribution >= 4 is 27.5 Å². The summed E-state index contributed by atoms with van der Waals surface area (Å²) in [6.07, 6.45) is 6.93. The normalized spacial score (nSPS) is 26.1. The second kappa shape index (κ2) is 2.96. The lowest BCUT2D eigenvalue weighted by molar-refractivity contribution is -0.116. The maximum atomic E-state index is 11.0. The molecular formula is C9H6BrNO2. The summed E-state index contributed by atoms with van der Waals surface area (Å²) in [5, 5.41) is 9.17. The fourth-order valence-electron chi connectivity index (χ4n) is 1.26. The van der Waals surface area contributed by atoms with Crippen molar-refractivity contribution in [3.05, 3.63) is 34.5 Å². The van der Waals surface area contributed by atoms with E-state index in [2.05, 4.69) is 20.9 Å². The largest absolute Gasteiger partial charge is 0.503 e. The van der Waals surface area contributed by atoms with Gasteiger partial charge in [-0.1, -0.05) is 28.1 Å². The number of aliphatic hydroxyl groups is 1. The van der Waals surface area contributed by atoms with E-state index in [1.807, 2.05) is 12.2 Å². The Labute approximate surface area is 83.3 Å². The summed E-state index contributed by atoms with van der Waals surface area (Å²) in [4.78, 5) is 14.7. The second-order valence-electron chi connectivity index (χ2n) is 2.78. The minimum Gasteiger partial charge on any atom is -0.503 e. The first-order valence-electron chi connectivity index (χ1n) is 3.76. The maximum Gasteiger partial charge on any atom is 0.311 e. The molecule has 0 aromatic heterocycles. The number of dihydropyridines is 1. The summed E-state index contributed by atoms with van der Waals surface area (Å²) in [7, 11) is 0. The Morgan fingerprint density at radius 2 is 2.31 bits per heavy atom. The molecule has 0 bridgehead atoms. The fourth-order valence-corrected chi connectivity index (χ4v) is 1.78. The lowest BCUT2D eigenvalue weighted by Crippen LogP contribution is -2.21. The summed E-state index contributed by atoms with van der Waals surface area (Å²) in [5.74, 6) is -0.963. The predicted octanol–water partition coefficient (Wildman–Crippen LogP) is 1.87. The number of carbonyl (C=O) groups is 1. The highest BCUT2D eigenvalue weighted by Crippen LogP contribution is 2.28. The minimum absolute atomic E-state index is 0.109. The Bertz CT molecular complexity index is 390. The number of rotatable bonds is 0. The van der Waals surface area contributed by atoms with E-state index < -0.39 is 5.91 Å². The lowest BCUT2D eigenvalue weighted by Gasteiger charge is -2.18. The Balaban J connectivity index is 2.45. The molecule has 2 rings (SSSR count). The highest BCUT2D eigenvalue weighted by atomic mass is 79.9. The van der Waals surface area contributed by atoms with Gasteiger partial charge in [0.1, 0.15) is 0 Å². The van der Waals surface area contributed by atoms with E-state index in [0.717, 1.165) is 4.48 Å². The van der Waals surface area contributed by atoms with Gasteiger partial charge in [0.05, 0.1) is 11.6 Å². The van der Waals surface area contributed by atoms with Crippen molar-refractivity contribution in [3.8, 4) is 0 Å². The molecule has 2 aliphatic rings. The molecule has 0 spiro atoms. The number of hydrogen-bond acceptors (Lipinski definition) is 2. The van der Waals surface area contributed by atoms with E-state index in [1.165, 1.54) is 6.08 Å². The highest BCUT2D eigenvalue weighted by molar-refractivity contribution is 9.11. The van der Waals surface area contributed by atoms with Crippen molar-refractivity contribution in [3.63, 3.8) is 0 Å². The molecule has 13 heavy (non-hydrogen) atoms. The molecule has 1 heterocycles. The molecule has 0 aromatic rings. The van der Waals surface area contributed by atoms with Crippen molar-refractivity contribution in [1.82, 2.24) is 0 Å². The lowest BCUT2D eigenvalue weighted by atomic mass is 9.95. The Morgan fingerprint density at radius 1 is 1.54 bits per heavy atom. The highest BCUT2D eigenvalue weighted by Gasteiger charge is 2.25. The summed E-state index contributed by atoms with van der Waals surface area (Å²) in [5.41, 5.74) is 0.664. The molecule has 0 aromatic carbocycles. The molecule has 66 valence electrons. The quantitative estimate of drug-likeness (QED) is 0.702. The number of halogens is 1. The third-order valence-corrected chi connectivity index (χ3v) is 2.67. The first-order chi connectivity index (χ1) is 6.18. The average molecular weight is 240 g/mol. The van der Waals surface area contributed by atoms with E-state index in [1.54, 1.807) is 6.08 Å². The Morgan fingerprint density at radius 3 is 3.08 bits per heavy atom. The van der Waals surface area contributed by atoms with Crippen LogP contribution < -0.4 is 0 Å². The van der Waals surface area contributed by atoms with E-state index >= 15 is 0 Å². The predicted molar refractivity (Wildman–Crippen MR) is 52.8 cm³/mol.